The first kappa shape index (κ1) is 17.3. The Bertz CT molecular complexity index is 630. The van der Waals surface area contributed by atoms with E-state index in [2.05, 4.69) is 27.7 Å². The molecule has 0 spiro atoms. The van der Waals surface area contributed by atoms with Crippen LogP contribution in [-0.2, 0) is 13.1 Å². The first-order chi connectivity index (χ1) is 11.7. The van der Waals surface area contributed by atoms with Gasteiger partial charge in [-0.1, -0.05) is 12.1 Å². The van der Waals surface area contributed by atoms with Crippen LogP contribution in [-0.4, -0.2) is 36.8 Å². The molecule has 1 atom stereocenters. The average molecular weight is 346 g/mol. The molecule has 130 valence electrons. The van der Waals surface area contributed by atoms with Gasteiger partial charge in [-0.25, -0.2) is 0 Å². The summed E-state index contributed by atoms with van der Waals surface area (Å²) in [6.07, 6.45) is 2.57. The van der Waals surface area contributed by atoms with E-state index in [1.807, 2.05) is 23.5 Å². The molecule has 0 aliphatic carbocycles. The van der Waals surface area contributed by atoms with Crippen LogP contribution in [0.2, 0.25) is 0 Å². The summed E-state index contributed by atoms with van der Waals surface area (Å²) in [6.45, 7) is 5.26. The first-order valence-electron chi connectivity index (χ1n) is 8.56. The van der Waals surface area contributed by atoms with Crippen molar-refractivity contribution < 1.29 is 9.84 Å². The van der Waals surface area contributed by atoms with Crippen molar-refractivity contribution in [2.24, 2.45) is 5.92 Å². The summed E-state index contributed by atoms with van der Waals surface area (Å²) >= 11 is 1.85. The predicted molar refractivity (Wildman–Crippen MR) is 98.7 cm³/mol. The highest BCUT2D eigenvalue weighted by atomic mass is 32.1. The van der Waals surface area contributed by atoms with Crippen LogP contribution in [0.4, 0.5) is 0 Å². The Kier molecular flexibility index (Phi) is 6.12. The molecular weight excluding hydrogens is 320 g/mol. The van der Waals surface area contributed by atoms with Gasteiger partial charge in [-0.3, -0.25) is 4.90 Å². The van der Waals surface area contributed by atoms with Gasteiger partial charge in [-0.2, -0.15) is 0 Å². The highest BCUT2D eigenvalue weighted by Crippen LogP contribution is 2.26. The van der Waals surface area contributed by atoms with E-state index in [9.17, 15) is 5.11 Å². The van der Waals surface area contributed by atoms with Crippen molar-refractivity contribution in [2.45, 2.75) is 25.9 Å². The van der Waals surface area contributed by atoms with E-state index in [1.165, 1.54) is 30.8 Å². The number of hydrogen-bond acceptors (Lipinski definition) is 5. The van der Waals surface area contributed by atoms with E-state index >= 15 is 0 Å². The number of methoxy groups -OCH3 is 1. The Morgan fingerprint density at radius 1 is 1.38 bits per heavy atom. The molecule has 5 heteroatoms. The lowest BCUT2D eigenvalue weighted by molar-refractivity contribution is 0.166. The van der Waals surface area contributed by atoms with Crippen molar-refractivity contribution in [1.29, 1.82) is 0 Å². The monoisotopic (exact) mass is 346 g/mol. The second-order valence-corrected chi connectivity index (χ2v) is 7.49. The van der Waals surface area contributed by atoms with E-state index < -0.39 is 0 Å². The number of rotatable bonds is 7. The zero-order valence-corrected chi connectivity index (χ0v) is 15.0. The summed E-state index contributed by atoms with van der Waals surface area (Å²) in [6, 6.07) is 9.94. The second-order valence-electron chi connectivity index (χ2n) is 6.46. The first-order valence-corrected chi connectivity index (χ1v) is 9.44. The van der Waals surface area contributed by atoms with Gasteiger partial charge in [0.25, 0.3) is 0 Å². The third-order valence-electron chi connectivity index (χ3n) is 4.57. The van der Waals surface area contributed by atoms with Crippen LogP contribution in [0.1, 0.15) is 23.3 Å². The summed E-state index contributed by atoms with van der Waals surface area (Å²) in [7, 11) is 1.57. The van der Waals surface area contributed by atoms with Gasteiger partial charge < -0.3 is 15.2 Å². The van der Waals surface area contributed by atoms with Crippen molar-refractivity contribution in [1.82, 2.24) is 10.2 Å². The molecule has 1 aromatic heterocycles. The van der Waals surface area contributed by atoms with Gasteiger partial charge in [0.1, 0.15) is 0 Å². The van der Waals surface area contributed by atoms with Crippen LogP contribution in [0.15, 0.2) is 35.7 Å². The van der Waals surface area contributed by atoms with Crippen molar-refractivity contribution >= 4 is 11.3 Å². The Labute approximate surface area is 148 Å². The van der Waals surface area contributed by atoms with Crippen LogP contribution in [0.25, 0.3) is 0 Å². The second kappa shape index (κ2) is 8.51. The molecule has 0 amide bonds. The number of ether oxygens (including phenoxy) is 1. The quantitative estimate of drug-likeness (QED) is 0.806. The zero-order valence-electron chi connectivity index (χ0n) is 14.2. The largest absolute Gasteiger partial charge is 0.504 e. The van der Waals surface area contributed by atoms with Crippen LogP contribution in [0.3, 0.4) is 0 Å². The molecule has 4 nitrogen and oxygen atoms in total. The van der Waals surface area contributed by atoms with Gasteiger partial charge >= 0.3 is 0 Å². The minimum Gasteiger partial charge on any atom is -0.504 e. The summed E-state index contributed by atoms with van der Waals surface area (Å²) in [4.78, 5) is 4.03. The smallest absolute Gasteiger partial charge is 0.160 e. The molecule has 2 N–H and O–H groups in total. The van der Waals surface area contributed by atoms with Gasteiger partial charge in [0, 0.05) is 24.5 Å². The van der Waals surface area contributed by atoms with E-state index in [0.717, 1.165) is 25.2 Å². The number of hydrogen-bond donors (Lipinski definition) is 2. The number of phenolic OH excluding ortho intramolecular Hbond substituents is 1. The number of benzene rings is 1. The third kappa shape index (κ3) is 4.72. The minimum absolute atomic E-state index is 0.205. The SMILES string of the molecule is COc1ccc(CNC[C@H]2CCCN(Cc3cccs3)C2)cc1O. The summed E-state index contributed by atoms with van der Waals surface area (Å²) < 4.78 is 5.08. The van der Waals surface area contributed by atoms with Crippen LogP contribution in [0.5, 0.6) is 11.5 Å². The fraction of sp³-hybridized carbons (Fsp3) is 0.474. The normalized spacial score (nSPS) is 18.6. The molecule has 0 unspecified atom stereocenters. The molecule has 0 radical (unpaired) electrons. The molecular formula is C19H26N2O2S. The van der Waals surface area contributed by atoms with Gasteiger partial charge in [-0.15, -0.1) is 11.3 Å². The van der Waals surface area contributed by atoms with E-state index in [0.29, 0.717) is 11.7 Å². The lowest BCUT2D eigenvalue weighted by Gasteiger charge is -2.32. The van der Waals surface area contributed by atoms with E-state index in [4.69, 9.17) is 4.74 Å². The maximum atomic E-state index is 9.84. The lowest BCUT2D eigenvalue weighted by atomic mass is 9.98. The van der Waals surface area contributed by atoms with Gasteiger partial charge in [-0.05, 0) is 61.0 Å². The fourth-order valence-electron chi connectivity index (χ4n) is 3.35. The van der Waals surface area contributed by atoms with Crippen LogP contribution < -0.4 is 10.1 Å². The van der Waals surface area contributed by atoms with Crippen LogP contribution >= 0.6 is 11.3 Å². The van der Waals surface area contributed by atoms with Gasteiger partial charge in [0.2, 0.25) is 0 Å². The van der Waals surface area contributed by atoms with Gasteiger partial charge in [0.15, 0.2) is 11.5 Å². The molecule has 0 saturated carbocycles. The number of nitrogens with one attached hydrogen (secondary N) is 1. The van der Waals surface area contributed by atoms with Crippen molar-refractivity contribution in [3.63, 3.8) is 0 Å². The molecule has 0 bridgehead atoms. The molecule has 1 aromatic carbocycles. The number of likely N-dealkylation sites (tertiary alicyclic amines) is 1. The van der Waals surface area contributed by atoms with E-state index in [-0.39, 0.29) is 5.75 Å². The maximum absolute atomic E-state index is 9.84. The maximum Gasteiger partial charge on any atom is 0.160 e. The molecule has 2 heterocycles. The molecule has 2 aromatic rings. The molecule has 3 rings (SSSR count). The molecule has 1 fully saturated rings. The summed E-state index contributed by atoms with van der Waals surface area (Å²) in [5, 5.41) is 15.5. The highest BCUT2D eigenvalue weighted by Gasteiger charge is 2.19. The highest BCUT2D eigenvalue weighted by molar-refractivity contribution is 7.09. The standard InChI is InChI=1S/C19H26N2O2S/c1-23-19-7-6-15(10-18(19)22)11-20-12-16-4-2-8-21(13-16)14-17-5-3-9-24-17/h3,5-7,9-10,16,20,22H,2,4,8,11-14H2,1H3/t16-/m1/s1. The number of thiophene rings is 1. The number of aromatic hydroxyl groups is 1. The average Bonchev–Trinajstić information content (AvgIpc) is 3.08. The number of piperidine rings is 1. The molecule has 1 aliphatic rings. The van der Waals surface area contributed by atoms with Gasteiger partial charge in [0.05, 0.1) is 7.11 Å². The van der Waals surface area contributed by atoms with Crippen molar-refractivity contribution in [3.8, 4) is 11.5 Å². The Morgan fingerprint density at radius 2 is 2.29 bits per heavy atom. The van der Waals surface area contributed by atoms with E-state index in [1.54, 1.807) is 13.2 Å². The zero-order chi connectivity index (χ0) is 16.8. The van der Waals surface area contributed by atoms with Crippen molar-refractivity contribution in [3.05, 3.63) is 46.2 Å². The molecule has 1 saturated heterocycles. The fourth-order valence-corrected chi connectivity index (χ4v) is 4.10. The Morgan fingerprint density at radius 3 is 3.04 bits per heavy atom. The van der Waals surface area contributed by atoms with Crippen LogP contribution in [0, 0.1) is 5.92 Å². The summed E-state index contributed by atoms with van der Waals surface area (Å²) in [5.74, 6) is 1.43. The number of phenols is 1. The summed E-state index contributed by atoms with van der Waals surface area (Å²) in [5.41, 5.74) is 1.08. The predicted octanol–water partition coefficient (Wildman–Crippen LogP) is 3.46. The molecule has 1 aliphatic heterocycles. The van der Waals surface area contributed by atoms with Crippen molar-refractivity contribution in [2.75, 3.05) is 26.7 Å². The molecule has 24 heavy (non-hydrogen) atoms. The third-order valence-corrected chi connectivity index (χ3v) is 5.43. The number of nitrogens with zero attached hydrogens (tertiary/aromatic N) is 1. The topological polar surface area (TPSA) is 44.7 Å². The minimum atomic E-state index is 0.205. The Hall–Kier alpha value is -1.56. The Balaban J connectivity index is 1.43. The lowest BCUT2D eigenvalue weighted by Crippen LogP contribution is -2.38.